The Morgan fingerprint density at radius 2 is 1.24 bits per heavy atom. The maximum Gasteiger partial charge on any atom is 0.220 e. The summed E-state index contributed by atoms with van der Waals surface area (Å²) in [6.07, 6.45) is 30.8. The molecule has 0 aliphatic carbocycles. The van der Waals surface area contributed by atoms with Crippen LogP contribution in [0.4, 0.5) is 0 Å². The molecular formula is C29H53NO3. The number of amides is 1. The normalized spacial score (nSPS) is 13.9. The van der Waals surface area contributed by atoms with E-state index < -0.39 is 12.1 Å². The van der Waals surface area contributed by atoms with E-state index in [2.05, 4.69) is 43.5 Å². The first-order valence-electron chi connectivity index (χ1n) is 13.7. The van der Waals surface area contributed by atoms with Crippen LogP contribution in [0.5, 0.6) is 0 Å². The quantitative estimate of drug-likeness (QED) is 0.111. The number of hydrogen-bond acceptors (Lipinski definition) is 3. The van der Waals surface area contributed by atoms with Crippen molar-refractivity contribution < 1.29 is 15.0 Å². The van der Waals surface area contributed by atoms with E-state index in [4.69, 9.17) is 0 Å². The minimum Gasteiger partial charge on any atom is -0.394 e. The highest BCUT2D eigenvalue weighted by atomic mass is 16.3. The Balaban J connectivity index is 3.73. The summed E-state index contributed by atoms with van der Waals surface area (Å²) in [5.41, 5.74) is 0. The molecule has 4 nitrogen and oxygen atoms in total. The molecule has 4 heteroatoms. The third-order valence-corrected chi connectivity index (χ3v) is 5.83. The van der Waals surface area contributed by atoms with Gasteiger partial charge in [0.25, 0.3) is 0 Å². The molecule has 0 aromatic rings. The lowest BCUT2D eigenvalue weighted by molar-refractivity contribution is -0.123. The van der Waals surface area contributed by atoms with Crippen LogP contribution in [0.2, 0.25) is 0 Å². The van der Waals surface area contributed by atoms with Crippen LogP contribution in [0.1, 0.15) is 123 Å². The van der Waals surface area contributed by atoms with Gasteiger partial charge in [-0.3, -0.25) is 4.79 Å². The SMILES string of the molecule is CCC/C=C/CC/C=C/C(O)C(CO)NC(=O)CCCCCCC/C=C\CCCCCCC. The summed E-state index contributed by atoms with van der Waals surface area (Å²) in [5, 5.41) is 22.5. The van der Waals surface area contributed by atoms with Gasteiger partial charge in [0, 0.05) is 6.42 Å². The summed E-state index contributed by atoms with van der Waals surface area (Å²) in [5.74, 6) is -0.0918. The van der Waals surface area contributed by atoms with E-state index >= 15 is 0 Å². The molecule has 0 bridgehead atoms. The summed E-state index contributed by atoms with van der Waals surface area (Å²) in [6.45, 7) is 4.14. The third-order valence-electron chi connectivity index (χ3n) is 5.83. The fraction of sp³-hybridized carbons (Fsp3) is 0.759. The Kier molecular flexibility index (Phi) is 24.2. The van der Waals surface area contributed by atoms with Crippen LogP contribution in [-0.4, -0.2) is 34.9 Å². The number of carbonyl (C=O) groups excluding carboxylic acids is 1. The molecule has 0 radical (unpaired) electrons. The fourth-order valence-electron chi connectivity index (χ4n) is 3.66. The zero-order chi connectivity index (χ0) is 24.4. The molecule has 2 unspecified atom stereocenters. The number of rotatable bonds is 23. The zero-order valence-corrected chi connectivity index (χ0v) is 21.6. The molecule has 0 spiro atoms. The van der Waals surface area contributed by atoms with E-state index in [0.29, 0.717) is 6.42 Å². The van der Waals surface area contributed by atoms with Gasteiger partial charge >= 0.3 is 0 Å². The molecule has 0 aliphatic heterocycles. The average molecular weight is 464 g/mol. The predicted molar refractivity (Wildman–Crippen MR) is 142 cm³/mol. The van der Waals surface area contributed by atoms with Crippen molar-refractivity contribution in [3.8, 4) is 0 Å². The second-order valence-electron chi connectivity index (χ2n) is 9.09. The number of aliphatic hydroxyl groups excluding tert-OH is 2. The second kappa shape index (κ2) is 25.2. The van der Waals surface area contributed by atoms with Crippen LogP contribution in [0, 0.1) is 0 Å². The monoisotopic (exact) mass is 463 g/mol. The molecule has 0 aliphatic rings. The Hall–Kier alpha value is -1.39. The van der Waals surface area contributed by atoms with Gasteiger partial charge in [-0.1, -0.05) is 102 Å². The summed E-state index contributed by atoms with van der Waals surface area (Å²) < 4.78 is 0. The van der Waals surface area contributed by atoms with E-state index in [0.717, 1.165) is 51.4 Å². The van der Waals surface area contributed by atoms with E-state index in [9.17, 15) is 15.0 Å². The van der Waals surface area contributed by atoms with Gasteiger partial charge < -0.3 is 15.5 Å². The molecule has 192 valence electrons. The standard InChI is InChI=1S/C29H53NO3/c1-3-5-7-9-11-12-13-14-15-16-17-19-21-23-25-29(33)30-27(26-31)28(32)24-22-20-18-10-8-6-4-2/h8,10,13-14,22,24,27-28,31-32H,3-7,9,11-12,15-21,23,25-26H2,1-2H3,(H,30,33)/b10-8+,14-13-,24-22+. The average Bonchev–Trinajstić information content (AvgIpc) is 2.82. The Labute approximate surface area is 204 Å². The summed E-state index contributed by atoms with van der Waals surface area (Å²) in [7, 11) is 0. The van der Waals surface area contributed by atoms with Gasteiger partial charge in [0.2, 0.25) is 5.91 Å². The maximum atomic E-state index is 12.1. The summed E-state index contributed by atoms with van der Waals surface area (Å²) in [6, 6.07) is -0.636. The van der Waals surface area contributed by atoms with Crippen molar-refractivity contribution in [2.24, 2.45) is 0 Å². The number of nitrogens with one attached hydrogen (secondary N) is 1. The lowest BCUT2D eigenvalue weighted by Gasteiger charge is -2.19. The van der Waals surface area contributed by atoms with Crippen molar-refractivity contribution in [3.63, 3.8) is 0 Å². The van der Waals surface area contributed by atoms with Crippen molar-refractivity contribution in [2.45, 2.75) is 135 Å². The van der Waals surface area contributed by atoms with Gasteiger partial charge in [-0.05, 0) is 51.4 Å². The Bertz CT molecular complexity index is 513. The van der Waals surface area contributed by atoms with Crippen molar-refractivity contribution in [1.82, 2.24) is 5.32 Å². The van der Waals surface area contributed by atoms with Gasteiger partial charge in [0.1, 0.15) is 0 Å². The highest BCUT2D eigenvalue weighted by Crippen LogP contribution is 2.10. The van der Waals surface area contributed by atoms with Crippen molar-refractivity contribution in [1.29, 1.82) is 0 Å². The largest absolute Gasteiger partial charge is 0.394 e. The van der Waals surface area contributed by atoms with Crippen molar-refractivity contribution >= 4 is 5.91 Å². The van der Waals surface area contributed by atoms with Gasteiger partial charge in [-0.25, -0.2) is 0 Å². The van der Waals surface area contributed by atoms with Gasteiger partial charge in [0.05, 0.1) is 18.8 Å². The molecule has 0 rings (SSSR count). The van der Waals surface area contributed by atoms with E-state index in [-0.39, 0.29) is 12.5 Å². The molecule has 0 aromatic heterocycles. The molecule has 0 aromatic carbocycles. The van der Waals surface area contributed by atoms with Crippen LogP contribution < -0.4 is 5.32 Å². The Morgan fingerprint density at radius 3 is 1.88 bits per heavy atom. The van der Waals surface area contributed by atoms with Crippen LogP contribution >= 0.6 is 0 Å². The van der Waals surface area contributed by atoms with Crippen LogP contribution in [0.25, 0.3) is 0 Å². The molecule has 1 amide bonds. The maximum absolute atomic E-state index is 12.1. The van der Waals surface area contributed by atoms with E-state index in [1.54, 1.807) is 6.08 Å². The van der Waals surface area contributed by atoms with E-state index in [1.807, 2.05) is 6.08 Å². The molecule has 0 saturated heterocycles. The molecular weight excluding hydrogens is 410 g/mol. The lowest BCUT2D eigenvalue weighted by Crippen LogP contribution is -2.45. The number of unbranched alkanes of at least 4 members (excludes halogenated alkanes) is 12. The van der Waals surface area contributed by atoms with Gasteiger partial charge in [-0.2, -0.15) is 0 Å². The molecule has 3 N–H and O–H groups in total. The molecule has 0 heterocycles. The second-order valence-corrected chi connectivity index (χ2v) is 9.09. The molecule has 0 fully saturated rings. The minimum atomic E-state index is -0.858. The molecule has 0 saturated carbocycles. The Morgan fingerprint density at radius 1 is 0.697 bits per heavy atom. The zero-order valence-electron chi connectivity index (χ0n) is 21.6. The highest BCUT2D eigenvalue weighted by molar-refractivity contribution is 5.76. The first kappa shape index (κ1) is 31.6. The lowest BCUT2D eigenvalue weighted by atomic mass is 10.1. The number of aliphatic hydroxyl groups is 2. The summed E-state index contributed by atoms with van der Waals surface area (Å²) >= 11 is 0. The number of carbonyl (C=O) groups is 1. The number of allylic oxidation sites excluding steroid dienone is 5. The highest BCUT2D eigenvalue weighted by Gasteiger charge is 2.17. The molecule has 2 atom stereocenters. The smallest absolute Gasteiger partial charge is 0.220 e. The predicted octanol–water partition coefficient (Wildman–Crippen LogP) is 7.16. The van der Waals surface area contributed by atoms with Crippen LogP contribution in [-0.2, 0) is 4.79 Å². The first-order chi connectivity index (χ1) is 16.2. The minimum absolute atomic E-state index is 0.0918. The topological polar surface area (TPSA) is 69.6 Å². The van der Waals surface area contributed by atoms with Gasteiger partial charge in [-0.15, -0.1) is 0 Å². The first-order valence-corrected chi connectivity index (χ1v) is 13.7. The third kappa shape index (κ3) is 22.2. The number of hydrogen-bond donors (Lipinski definition) is 3. The van der Waals surface area contributed by atoms with Gasteiger partial charge in [0.15, 0.2) is 0 Å². The van der Waals surface area contributed by atoms with Crippen LogP contribution in [0.15, 0.2) is 36.5 Å². The van der Waals surface area contributed by atoms with Crippen molar-refractivity contribution in [3.05, 3.63) is 36.5 Å². The fourth-order valence-corrected chi connectivity index (χ4v) is 3.66. The van der Waals surface area contributed by atoms with E-state index in [1.165, 1.54) is 51.4 Å². The van der Waals surface area contributed by atoms with Crippen molar-refractivity contribution in [2.75, 3.05) is 6.61 Å². The molecule has 33 heavy (non-hydrogen) atoms. The summed E-state index contributed by atoms with van der Waals surface area (Å²) in [4.78, 5) is 12.1. The van der Waals surface area contributed by atoms with Crippen LogP contribution in [0.3, 0.4) is 0 Å².